The van der Waals surface area contributed by atoms with E-state index in [1.165, 1.54) is 19.3 Å². The molecule has 0 atom stereocenters. The standard InChI is InChI=1S/C18H34O2/c1-2-3-4-5-6-7-8-9-10-11-12-13-14-15-16-17-18(19)20/h9-10H,2-8,11-17H2,1H3,(H,19,20)/b10-9-/i8D2. The van der Waals surface area contributed by atoms with Crippen LogP contribution in [0.15, 0.2) is 12.2 Å². The third kappa shape index (κ3) is 17.2. The maximum Gasteiger partial charge on any atom is 0.303 e. The van der Waals surface area contributed by atoms with Gasteiger partial charge < -0.3 is 5.11 Å². The third-order valence-corrected chi connectivity index (χ3v) is 3.42. The van der Waals surface area contributed by atoms with Crippen molar-refractivity contribution in [1.29, 1.82) is 0 Å². The van der Waals surface area contributed by atoms with Crippen molar-refractivity contribution in [1.82, 2.24) is 0 Å². The number of carboxylic acids is 1. The summed E-state index contributed by atoms with van der Waals surface area (Å²) in [7, 11) is 0. The van der Waals surface area contributed by atoms with Gasteiger partial charge in [0.1, 0.15) is 0 Å². The first-order chi connectivity index (χ1) is 10.5. The summed E-state index contributed by atoms with van der Waals surface area (Å²) in [6.45, 7) is 2.19. The molecule has 0 fully saturated rings. The van der Waals surface area contributed by atoms with E-state index in [1.54, 1.807) is 6.08 Å². The molecule has 0 aromatic heterocycles. The number of unbranched alkanes of at least 4 members (excludes halogenated alkanes) is 9. The van der Waals surface area contributed by atoms with Gasteiger partial charge in [0.15, 0.2) is 0 Å². The summed E-state index contributed by atoms with van der Waals surface area (Å²) in [5.41, 5.74) is 0. The molecule has 0 saturated heterocycles. The monoisotopic (exact) mass is 284 g/mol. The van der Waals surface area contributed by atoms with Gasteiger partial charge >= 0.3 is 5.97 Å². The van der Waals surface area contributed by atoms with Crippen LogP contribution < -0.4 is 0 Å². The molecule has 1 N–H and O–H groups in total. The summed E-state index contributed by atoms with van der Waals surface area (Å²) in [6, 6.07) is 0. The lowest BCUT2D eigenvalue weighted by atomic mass is 10.1. The summed E-state index contributed by atoms with van der Waals surface area (Å²) < 4.78 is 15.9. The van der Waals surface area contributed by atoms with Crippen LogP contribution in [0.3, 0.4) is 0 Å². The normalized spacial score (nSPS) is 13.4. The molecule has 0 spiro atoms. The fraction of sp³-hybridized carbons (Fsp3) is 0.833. The molecule has 20 heavy (non-hydrogen) atoms. The van der Waals surface area contributed by atoms with Crippen LogP contribution in [0, 0.1) is 0 Å². The number of carboxylic acid groups (broad SMARTS) is 1. The second-order valence-electron chi connectivity index (χ2n) is 5.47. The predicted octanol–water partition coefficient (Wildman–Crippen LogP) is 6.11. The van der Waals surface area contributed by atoms with E-state index in [9.17, 15) is 4.79 Å². The zero-order valence-electron chi connectivity index (χ0n) is 15.2. The van der Waals surface area contributed by atoms with Crippen LogP contribution in [-0.4, -0.2) is 11.1 Å². The lowest BCUT2D eigenvalue weighted by molar-refractivity contribution is -0.137. The van der Waals surface area contributed by atoms with Gasteiger partial charge in [0.25, 0.3) is 0 Å². The fourth-order valence-corrected chi connectivity index (χ4v) is 2.15. The van der Waals surface area contributed by atoms with Crippen molar-refractivity contribution in [2.24, 2.45) is 0 Å². The highest BCUT2D eigenvalue weighted by Gasteiger charge is 1.95. The number of hydrogen-bond donors (Lipinski definition) is 1. The van der Waals surface area contributed by atoms with Gasteiger partial charge in [0, 0.05) is 9.16 Å². The molecule has 0 unspecified atom stereocenters. The van der Waals surface area contributed by atoms with Crippen LogP contribution in [0.1, 0.15) is 99.5 Å². The second-order valence-corrected chi connectivity index (χ2v) is 5.47. The van der Waals surface area contributed by atoms with E-state index in [4.69, 9.17) is 7.85 Å². The van der Waals surface area contributed by atoms with Crippen molar-refractivity contribution in [3.05, 3.63) is 12.2 Å². The Morgan fingerprint density at radius 2 is 1.50 bits per heavy atom. The minimum Gasteiger partial charge on any atom is -0.481 e. The van der Waals surface area contributed by atoms with E-state index in [0.29, 0.717) is 6.42 Å². The molecule has 0 heterocycles. The zero-order valence-corrected chi connectivity index (χ0v) is 13.2. The minimum atomic E-state index is -1.16. The number of hydrogen-bond acceptors (Lipinski definition) is 1. The Bertz CT molecular complexity index is 301. The van der Waals surface area contributed by atoms with Crippen LogP contribution in [-0.2, 0) is 4.79 Å². The Balaban J connectivity index is 3.50. The van der Waals surface area contributed by atoms with Crippen LogP contribution in [0.25, 0.3) is 0 Å². The molecule has 0 aromatic carbocycles. The molecule has 0 aliphatic carbocycles. The first-order valence-corrected chi connectivity index (χ1v) is 8.37. The van der Waals surface area contributed by atoms with E-state index in [1.807, 2.05) is 6.08 Å². The van der Waals surface area contributed by atoms with E-state index in [-0.39, 0.29) is 6.42 Å². The van der Waals surface area contributed by atoms with Gasteiger partial charge in [-0.15, -0.1) is 0 Å². The summed E-state index contributed by atoms with van der Waals surface area (Å²) in [6.07, 6.45) is 15.2. The number of aliphatic carboxylic acids is 1. The van der Waals surface area contributed by atoms with Crippen LogP contribution in [0.2, 0.25) is 0 Å². The highest BCUT2D eigenvalue weighted by Crippen LogP contribution is 2.09. The van der Waals surface area contributed by atoms with Crippen molar-refractivity contribution in [2.75, 3.05) is 0 Å². The van der Waals surface area contributed by atoms with E-state index < -0.39 is 12.3 Å². The Morgan fingerprint density at radius 3 is 2.20 bits per heavy atom. The molecule has 118 valence electrons. The van der Waals surface area contributed by atoms with Gasteiger partial charge in [0.05, 0.1) is 0 Å². The van der Waals surface area contributed by atoms with Crippen molar-refractivity contribution >= 4 is 5.97 Å². The van der Waals surface area contributed by atoms with Crippen molar-refractivity contribution in [2.45, 2.75) is 96.8 Å². The minimum absolute atomic E-state index is 0.276. The molecule has 2 nitrogen and oxygen atoms in total. The SMILES string of the molecule is [2H]C([2H])(/C=C\CCCCCCCC(=O)O)CCCCCCC. The molecule has 0 bridgehead atoms. The predicted molar refractivity (Wildman–Crippen MR) is 87.1 cm³/mol. The quantitative estimate of drug-likeness (QED) is 0.291. The molecule has 2 heteroatoms. The molecular formula is C18H34O2. The van der Waals surface area contributed by atoms with E-state index in [2.05, 4.69) is 6.92 Å². The maximum absolute atomic E-state index is 10.3. The first kappa shape index (κ1) is 15.6. The summed E-state index contributed by atoms with van der Waals surface area (Å²) in [5.74, 6) is -0.708. The summed E-state index contributed by atoms with van der Waals surface area (Å²) in [5, 5.41) is 8.52. The largest absolute Gasteiger partial charge is 0.481 e. The van der Waals surface area contributed by atoms with Crippen molar-refractivity contribution < 1.29 is 12.6 Å². The maximum atomic E-state index is 10.3. The molecule has 0 rings (SSSR count). The number of carbonyl (C=O) groups is 1. The molecule has 0 radical (unpaired) electrons. The zero-order chi connectivity index (χ0) is 16.7. The third-order valence-electron chi connectivity index (χ3n) is 3.42. The highest BCUT2D eigenvalue weighted by molar-refractivity contribution is 5.66. The number of allylic oxidation sites excluding steroid dienone is 2. The molecule has 0 aliphatic rings. The summed E-state index contributed by atoms with van der Waals surface area (Å²) >= 11 is 0. The molecule has 0 aromatic rings. The molecule has 0 saturated carbocycles. The van der Waals surface area contributed by atoms with Gasteiger partial charge in [0.2, 0.25) is 0 Å². The topological polar surface area (TPSA) is 37.3 Å². The number of rotatable bonds is 15. The van der Waals surface area contributed by atoms with Crippen LogP contribution in [0.5, 0.6) is 0 Å². The lowest BCUT2D eigenvalue weighted by Crippen LogP contribution is -1.93. The second kappa shape index (κ2) is 16.3. The van der Waals surface area contributed by atoms with Gasteiger partial charge in [-0.2, -0.15) is 0 Å². The Morgan fingerprint density at radius 1 is 0.900 bits per heavy atom. The van der Waals surface area contributed by atoms with E-state index in [0.717, 1.165) is 51.4 Å². The van der Waals surface area contributed by atoms with E-state index >= 15 is 0 Å². The molecule has 0 aliphatic heterocycles. The Labute approximate surface area is 128 Å². The van der Waals surface area contributed by atoms with Gasteiger partial charge in [-0.25, -0.2) is 0 Å². The van der Waals surface area contributed by atoms with Gasteiger partial charge in [-0.1, -0.05) is 70.4 Å². The van der Waals surface area contributed by atoms with Gasteiger partial charge in [-0.3, -0.25) is 4.79 Å². The first-order valence-electron chi connectivity index (χ1n) is 9.37. The molecule has 0 amide bonds. The summed E-state index contributed by atoms with van der Waals surface area (Å²) in [4.78, 5) is 10.3. The van der Waals surface area contributed by atoms with Crippen molar-refractivity contribution in [3.8, 4) is 0 Å². The van der Waals surface area contributed by atoms with Crippen molar-refractivity contribution in [3.63, 3.8) is 0 Å². The van der Waals surface area contributed by atoms with Crippen LogP contribution in [0.4, 0.5) is 0 Å². The highest BCUT2D eigenvalue weighted by atomic mass is 16.4. The average Bonchev–Trinajstić information content (AvgIpc) is 2.45. The Kier molecular flexibility index (Phi) is 12.7. The lowest BCUT2D eigenvalue weighted by Gasteiger charge is -1.99. The smallest absolute Gasteiger partial charge is 0.303 e. The average molecular weight is 284 g/mol. The molecular weight excluding hydrogens is 248 g/mol. The Hall–Kier alpha value is -0.790. The fourth-order valence-electron chi connectivity index (χ4n) is 2.15. The van der Waals surface area contributed by atoms with Gasteiger partial charge in [-0.05, 0) is 32.1 Å². The van der Waals surface area contributed by atoms with Crippen LogP contribution >= 0.6 is 0 Å².